The summed E-state index contributed by atoms with van der Waals surface area (Å²) in [5.74, 6) is 0. The Bertz CT molecular complexity index is 79.6. The zero-order chi connectivity index (χ0) is 0. The minimum Gasteiger partial charge on any atom is -1.00 e. The van der Waals surface area contributed by atoms with Crippen LogP contribution >= 0.6 is 0 Å². The van der Waals surface area contributed by atoms with Gasteiger partial charge in [0.2, 0.25) is 0 Å². The van der Waals surface area contributed by atoms with Gasteiger partial charge >= 0.3 is 1060 Å². The van der Waals surface area contributed by atoms with E-state index in [1.807, 2.05) is 0 Å². The summed E-state index contributed by atoms with van der Waals surface area (Å²) in [6, 6.07) is 0. The second-order valence-corrected chi connectivity index (χ2v) is 0. The standard InChI is InChI=1S/36Na.H2O.36H/h;;;;;;;;;;;;;;;;;;;;;;;;;;;;;;;;;;;;1H2;;;;;;;;;;;;;;;;;;;;;;;;;;;;;;;;;;;;/q36*+1;;36*-1. The molecule has 37 heteroatoms. The van der Waals surface area contributed by atoms with Gasteiger partial charge in [-0.2, -0.15) is 0 Å². The molecule has 0 radical (unpaired) electrons. The monoisotopic (exact) mass is 882 g/mol. The van der Waals surface area contributed by atoms with Crippen LogP contribution in [0.25, 0.3) is 0 Å². The summed E-state index contributed by atoms with van der Waals surface area (Å²) in [6.45, 7) is 0. The molecule has 0 saturated heterocycles. The van der Waals surface area contributed by atoms with Crippen molar-refractivity contribution in [3.8, 4) is 0 Å². The fourth-order valence-corrected chi connectivity index (χ4v) is 0. The largest absolute Gasteiger partial charge is 1.00 e. The second-order valence-electron chi connectivity index (χ2n) is 0. The van der Waals surface area contributed by atoms with E-state index in [0.717, 1.165) is 0 Å². The van der Waals surface area contributed by atoms with Crippen molar-refractivity contribution in [2.75, 3.05) is 0 Å². The Morgan fingerprint density at radius 1 is 0.0811 bits per heavy atom. The van der Waals surface area contributed by atoms with Crippen molar-refractivity contribution >= 4 is 0 Å². The van der Waals surface area contributed by atoms with Gasteiger partial charge in [-0.3, -0.25) is 0 Å². The molecule has 1 nitrogen and oxygen atoms in total. The fraction of sp³-hybridized carbons (Fsp3) is 0. The van der Waals surface area contributed by atoms with E-state index in [1.54, 1.807) is 0 Å². The van der Waals surface area contributed by atoms with Gasteiger partial charge in [-0.25, -0.2) is 0 Å². The van der Waals surface area contributed by atoms with Gasteiger partial charge in [0, 0.05) is 0 Å². The topological polar surface area (TPSA) is 31.5 Å². The van der Waals surface area contributed by atoms with E-state index in [2.05, 4.69) is 0 Å². The molecule has 0 spiro atoms. The molecule has 0 aliphatic heterocycles. The van der Waals surface area contributed by atoms with E-state index in [1.165, 1.54) is 0 Å². The summed E-state index contributed by atoms with van der Waals surface area (Å²) in [6.07, 6.45) is 0. The number of hydrogen-bond donors (Lipinski definition) is 0. The van der Waals surface area contributed by atoms with Crippen LogP contribution in [0.5, 0.6) is 0 Å². The number of hydrogen-bond acceptors (Lipinski definition) is 0. The van der Waals surface area contributed by atoms with E-state index in [-0.39, 0.29) is 1120 Å². The van der Waals surface area contributed by atoms with Crippen LogP contribution in [0.2, 0.25) is 0 Å². The Balaban J connectivity index is 0. The van der Waals surface area contributed by atoms with Gasteiger partial charge in [-0.05, 0) is 0 Å². The molecule has 37 heavy (non-hydrogen) atoms. The van der Waals surface area contributed by atoms with Gasteiger partial charge in [0.15, 0.2) is 0 Å². The maximum atomic E-state index is 0. The maximum Gasteiger partial charge on any atom is 1.00 e. The third kappa shape index (κ3) is 272. The summed E-state index contributed by atoms with van der Waals surface area (Å²) >= 11 is 0. The quantitative estimate of drug-likeness (QED) is 0.217. The van der Waals surface area contributed by atoms with Crippen molar-refractivity contribution in [1.29, 1.82) is 0 Å². The molecule has 0 aromatic rings. The molecule has 2 N–H and O–H groups in total. The molecule has 0 fully saturated rings. The van der Waals surface area contributed by atoms with Crippen LogP contribution < -0.4 is 1060 Å². The van der Waals surface area contributed by atoms with Gasteiger partial charge < -0.3 is 56.8 Å². The Kier molecular flexibility index (Phi) is 2210. The Labute approximate surface area is 1080 Å². The van der Waals surface area contributed by atoms with Gasteiger partial charge in [0.25, 0.3) is 0 Å². The van der Waals surface area contributed by atoms with E-state index < -0.39 is 0 Å². The average Bonchev–Trinajstić information content (AvgIpc) is 0. The minimum absolute atomic E-state index is 0. The Morgan fingerprint density at radius 3 is 0.0811 bits per heavy atom. The molecule has 0 bridgehead atoms. The fourth-order valence-electron chi connectivity index (χ4n) is 0. The molecule has 0 rings (SSSR count). The summed E-state index contributed by atoms with van der Waals surface area (Å²) in [5.41, 5.74) is 0. The molecule has 0 aliphatic rings. The first-order valence-corrected chi connectivity index (χ1v) is 0. The van der Waals surface area contributed by atoms with Crippen molar-refractivity contribution in [1.82, 2.24) is 0 Å². The first kappa shape index (κ1) is 292. The Hall–Kier alpha value is 36.0. The normalized spacial score (nSPS) is 0. The molecule has 0 aromatic carbocycles. The molecule has 0 aromatic heterocycles. The zero-order valence-corrected chi connectivity index (χ0v) is 108. The smallest absolute Gasteiger partial charge is 1.00 e. The molecule has 80 valence electrons. The van der Waals surface area contributed by atoms with Crippen molar-refractivity contribution in [2.24, 2.45) is 0 Å². The molecule has 0 amide bonds. The van der Waals surface area contributed by atoms with Crippen molar-refractivity contribution in [3.05, 3.63) is 0 Å². The maximum absolute atomic E-state index is 0. The van der Waals surface area contributed by atoms with Crippen molar-refractivity contribution < 1.29 is 1120 Å². The van der Waals surface area contributed by atoms with E-state index >= 15 is 0 Å². The molecule has 0 atom stereocenters. The van der Waals surface area contributed by atoms with Gasteiger partial charge in [-0.15, -0.1) is 0 Å². The van der Waals surface area contributed by atoms with Crippen LogP contribution in [0, 0.1) is 0 Å². The predicted octanol–water partition coefficient (Wildman–Crippen LogP) is -105. The molecular weight excluding hydrogens is 844 g/mol. The summed E-state index contributed by atoms with van der Waals surface area (Å²) in [7, 11) is 0. The second kappa shape index (κ2) is 280. The third-order valence-electron chi connectivity index (χ3n) is 0. The SMILES string of the molecule is O.[H-].[H-].[H-].[H-].[H-].[H-].[H-].[H-].[H-].[H-].[H-].[H-].[H-].[H-].[H-].[H-].[H-].[H-].[H-].[H-].[H-].[H-].[H-].[H-].[H-].[H-].[H-].[H-].[H-].[H-].[H-].[H-].[H-].[H-].[H-].[H-].[Na+].[Na+].[Na+].[Na+].[Na+].[Na+].[Na+].[Na+].[Na+].[Na+].[Na+].[Na+].[Na+].[Na+].[Na+].[Na+].[Na+].[Na+].[Na+].[Na+].[Na+].[Na+].[Na+].[Na+].[Na+].[Na+].[Na+].[Na+].[Na+].[Na+].[Na+].[Na+].[Na+].[Na+].[Na+].[Na+]. The Morgan fingerprint density at radius 2 is 0.0811 bits per heavy atom. The molecule has 0 aliphatic carbocycles. The van der Waals surface area contributed by atoms with Crippen LogP contribution in [0.15, 0.2) is 0 Å². The van der Waals surface area contributed by atoms with Crippen molar-refractivity contribution in [3.63, 3.8) is 0 Å². The summed E-state index contributed by atoms with van der Waals surface area (Å²) in [5, 5.41) is 0. The molecular formula is H38Na36O. The van der Waals surface area contributed by atoms with Gasteiger partial charge in [0.05, 0.1) is 0 Å². The summed E-state index contributed by atoms with van der Waals surface area (Å²) < 4.78 is 0. The van der Waals surface area contributed by atoms with E-state index in [0.29, 0.717) is 0 Å². The molecule has 0 heterocycles. The van der Waals surface area contributed by atoms with Gasteiger partial charge in [-0.1, -0.05) is 0 Å². The molecule has 0 unspecified atom stereocenters. The average molecular weight is 882 g/mol. The van der Waals surface area contributed by atoms with Crippen LogP contribution in [-0.4, -0.2) is 5.48 Å². The van der Waals surface area contributed by atoms with Crippen molar-refractivity contribution in [2.45, 2.75) is 0 Å². The van der Waals surface area contributed by atoms with Crippen LogP contribution in [0.4, 0.5) is 0 Å². The zero-order valence-electron chi connectivity index (χ0n) is 72.5. The third-order valence-corrected chi connectivity index (χ3v) is 0. The van der Waals surface area contributed by atoms with E-state index in [9.17, 15) is 0 Å². The summed E-state index contributed by atoms with van der Waals surface area (Å²) in [4.78, 5) is 0. The number of rotatable bonds is 0. The first-order chi connectivity index (χ1) is 0. The van der Waals surface area contributed by atoms with E-state index in [4.69, 9.17) is 0 Å². The van der Waals surface area contributed by atoms with Crippen LogP contribution in [-0.2, 0) is 0 Å². The van der Waals surface area contributed by atoms with Gasteiger partial charge in [0.1, 0.15) is 0 Å². The van der Waals surface area contributed by atoms with Crippen LogP contribution in [0.1, 0.15) is 51.4 Å². The molecule has 0 saturated carbocycles. The predicted molar refractivity (Wildman–Crippen MR) is 43.6 cm³/mol. The minimum atomic E-state index is 0. The first-order valence-electron chi connectivity index (χ1n) is 0. The van der Waals surface area contributed by atoms with Crippen LogP contribution in [0.3, 0.4) is 0 Å².